The van der Waals surface area contributed by atoms with Crippen molar-refractivity contribution < 1.29 is 14.3 Å². The monoisotopic (exact) mass is 134 g/mol. The number of carbonyl (C=O) groups excluding carboxylic acids is 2. The van der Waals surface area contributed by atoms with Gasteiger partial charge in [0.05, 0.1) is 0 Å². The van der Waals surface area contributed by atoms with Crippen molar-refractivity contribution in [3.8, 4) is 0 Å². The van der Waals surface area contributed by atoms with Crippen LogP contribution in [0.15, 0.2) is 0 Å². The smallest absolute Gasteiger partial charge is 0.310 e. The molecule has 5 nitrogen and oxygen atoms in total. The Morgan fingerprint density at radius 1 is 1.11 bits per heavy atom. The van der Waals surface area contributed by atoms with E-state index in [-0.39, 0.29) is 0 Å². The fourth-order valence-corrected chi connectivity index (χ4v) is 0.202. The molecule has 0 aliphatic rings. The highest BCUT2D eigenvalue weighted by Gasteiger charge is 1.93. The summed E-state index contributed by atoms with van der Waals surface area (Å²) in [6.07, 6.45) is 0. The van der Waals surface area contributed by atoms with Crippen LogP contribution in [0.3, 0.4) is 0 Å². The number of carbonyl (C=O) groups is 2. The molecule has 0 aromatic rings. The van der Waals surface area contributed by atoms with E-state index >= 15 is 0 Å². The zero-order chi connectivity index (χ0) is 7.86. The highest BCUT2D eigenvalue weighted by molar-refractivity contribution is 5.82. The molecule has 0 radical (unpaired) electrons. The van der Waals surface area contributed by atoms with E-state index in [9.17, 15) is 9.59 Å². The first-order chi connectivity index (χ1) is 4.13. The normalized spacial score (nSPS) is 6.67. The van der Waals surface area contributed by atoms with Gasteiger partial charge in [-0.2, -0.15) is 0 Å². The molecule has 0 atom stereocenters. The Hall–Kier alpha value is -0.940. The topological polar surface area (TPSA) is 95.4 Å². The van der Waals surface area contributed by atoms with E-state index in [2.05, 4.69) is 16.4 Å². The van der Waals surface area contributed by atoms with E-state index in [1.807, 2.05) is 0 Å². The largest absolute Gasteiger partial charge is 0.394 e. The number of ether oxygens (including phenoxy) is 1. The molecule has 0 fully saturated rings. The number of nitrogens with two attached hydrogens (primary N) is 2. The molecule has 0 aromatic heterocycles. The minimum absolute atomic E-state index is 0.562. The average Bonchev–Trinajstić information content (AvgIpc) is 1.68. The molecule has 0 aliphatic heterocycles. The van der Waals surface area contributed by atoms with Crippen LogP contribution in [-0.2, 0) is 14.3 Å². The minimum Gasteiger partial charge on any atom is -0.394 e. The summed E-state index contributed by atoms with van der Waals surface area (Å²) in [6, 6.07) is 0. The molecule has 5 heteroatoms. The first-order valence-electron chi connectivity index (χ1n) is 2.15. The number of hydrogen-bond acceptors (Lipinski definition) is 5. The summed E-state index contributed by atoms with van der Waals surface area (Å²) in [4.78, 5) is 19.6. The lowest BCUT2D eigenvalue weighted by Crippen LogP contribution is -2.03. The number of hydrazine groups is 1. The van der Waals surface area contributed by atoms with Crippen molar-refractivity contribution in [2.75, 3.05) is 0 Å². The van der Waals surface area contributed by atoms with Gasteiger partial charge in [0, 0.05) is 13.8 Å². The second-order valence-electron chi connectivity index (χ2n) is 1.09. The summed E-state index contributed by atoms with van der Waals surface area (Å²) in [5.74, 6) is 6.88. The van der Waals surface area contributed by atoms with Gasteiger partial charge in [0.1, 0.15) is 0 Å². The molecule has 0 spiro atoms. The summed E-state index contributed by atoms with van der Waals surface area (Å²) >= 11 is 0. The van der Waals surface area contributed by atoms with Crippen LogP contribution in [0.25, 0.3) is 0 Å². The number of hydrogen-bond donors (Lipinski definition) is 2. The Labute approximate surface area is 52.9 Å². The fourth-order valence-electron chi connectivity index (χ4n) is 0.202. The van der Waals surface area contributed by atoms with Crippen molar-refractivity contribution in [2.24, 2.45) is 11.7 Å². The summed E-state index contributed by atoms with van der Waals surface area (Å²) in [5.41, 5.74) is 0. The molecular weight excluding hydrogens is 124 g/mol. The molecule has 4 N–H and O–H groups in total. The Balaban J connectivity index is 0. The lowest BCUT2D eigenvalue weighted by Gasteiger charge is -1.87. The van der Waals surface area contributed by atoms with Crippen LogP contribution in [0.2, 0.25) is 0 Å². The predicted molar refractivity (Wildman–Crippen MR) is 30.8 cm³/mol. The standard InChI is InChI=1S/C4H6O3.H4N2/c1-3(5)7-4(2)6;1-2/h1-2H3;1-2H2. The van der Waals surface area contributed by atoms with E-state index in [4.69, 9.17) is 0 Å². The van der Waals surface area contributed by atoms with Gasteiger partial charge in [-0.05, 0) is 0 Å². The maximum absolute atomic E-state index is 9.81. The third-order valence-corrected chi connectivity index (χ3v) is 0.287. The van der Waals surface area contributed by atoms with Crippen molar-refractivity contribution in [3.05, 3.63) is 0 Å². The van der Waals surface area contributed by atoms with Crippen LogP contribution < -0.4 is 11.7 Å². The van der Waals surface area contributed by atoms with Crippen LogP contribution in [0.4, 0.5) is 0 Å². The molecule has 54 valence electrons. The van der Waals surface area contributed by atoms with Crippen molar-refractivity contribution in [3.63, 3.8) is 0 Å². The van der Waals surface area contributed by atoms with E-state index in [1.165, 1.54) is 13.8 Å². The zero-order valence-electron chi connectivity index (χ0n) is 5.38. The van der Waals surface area contributed by atoms with Gasteiger partial charge in [0.2, 0.25) is 0 Å². The molecule has 0 heterocycles. The lowest BCUT2D eigenvalue weighted by atomic mass is 10.7. The Morgan fingerprint density at radius 2 is 1.33 bits per heavy atom. The lowest BCUT2D eigenvalue weighted by molar-refractivity contribution is -0.156. The van der Waals surface area contributed by atoms with Crippen LogP contribution in [0.5, 0.6) is 0 Å². The van der Waals surface area contributed by atoms with Gasteiger partial charge in [-0.3, -0.25) is 21.3 Å². The van der Waals surface area contributed by atoms with Crippen LogP contribution in [0, 0.1) is 0 Å². The summed E-state index contributed by atoms with van der Waals surface area (Å²) in [5, 5.41) is 0. The van der Waals surface area contributed by atoms with Gasteiger partial charge in [-0.15, -0.1) is 0 Å². The molecule has 0 aliphatic carbocycles. The fraction of sp³-hybridized carbons (Fsp3) is 0.500. The Kier molecular flexibility index (Phi) is 8.58. The van der Waals surface area contributed by atoms with Gasteiger partial charge >= 0.3 is 11.9 Å². The quantitative estimate of drug-likeness (QED) is 0.190. The SMILES string of the molecule is CC(=O)OC(C)=O.NN. The second-order valence-corrected chi connectivity index (χ2v) is 1.09. The summed E-state index contributed by atoms with van der Waals surface area (Å²) in [6.45, 7) is 2.36. The van der Waals surface area contributed by atoms with Gasteiger partial charge < -0.3 is 4.74 Å². The molecular formula is C4H10N2O3. The third kappa shape index (κ3) is 19.3. The molecule has 0 amide bonds. The summed E-state index contributed by atoms with van der Waals surface area (Å²) < 4.78 is 3.97. The maximum Gasteiger partial charge on any atom is 0.310 e. The number of esters is 2. The van der Waals surface area contributed by atoms with Crippen LogP contribution in [0.1, 0.15) is 13.8 Å². The average molecular weight is 134 g/mol. The first-order valence-corrected chi connectivity index (χ1v) is 2.15. The Bertz CT molecular complexity index is 90.0. The minimum atomic E-state index is -0.562. The summed E-state index contributed by atoms with van der Waals surface area (Å²) in [7, 11) is 0. The highest BCUT2D eigenvalue weighted by Crippen LogP contribution is 1.73. The molecule has 0 unspecified atom stereocenters. The zero-order valence-corrected chi connectivity index (χ0v) is 5.38. The second kappa shape index (κ2) is 7.06. The maximum atomic E-state index is 9.81. The van der Waals surface area contributed by atoms with Crippen LogP contribution in [-0.4, -0.2) is 11.9 Å². The first kappa shape index (κ1) is 10.9. The van der Waals surface area contributed by atoms with Gasteiger partial charge in [0.25, 0.3) is 0 Å². The molecule has 0 saturated carbocycles. The van der Waals surface area contributed by atoms with Crippen LogP contribution >= 0.6 is 0 Å². The van der Waals surface area contributed by atoms with E-state index in [0.717, 1.165) is 0 Å². The van der Waals surface area contributed by atoms with Crippen molar-refractivity contribution in [1.29, 1.82) is 0 Å². The molecule has 0 rings (SSSR count). The molecule has 0 aromatic carbocycles. The highest BCUT2D eigenvalue weighted by atomic mass is 16.6. The predicted octanol–water partition coefficient (Wildman–Crippen LogP) is -1.09. The molecule has 0 saturated heterocycles. The van der Waals surface area contributed by atoms with E-state index < -0.39 is 11.9 Å². The van der Waals surface area contributed by atoms with Gasteiger partial charge in [-0.1, -0.05) is 0 Å². The van der Waals surface area contributed by atoms with Gasteiger partial charge in [0.15, 0.2) is 0 Å². The van der Waals surface area contributed by atoms with Crippen molar-refractivity contribution in [1.82, 2.24) is 0 Å². The molecule has 9 heavy (non-hydrogen) atoms. The van der Waals surface area contributed by atoms with Crippen molar-refractivity contribution in [2.45, 2.75) is 13.8 Å². The molecule has 0 bridgehead atoms. The van der Waals surface area contributed by atoms with E-state index in [0.29, 0.717) is 0 Å². The van der Waals surface area contributed by atoms with E-state index in [1.54, 1.807) is 0 Å². The third-order valence-electron chi connectivity index (χ3n) is 0.287. The van der Waals surface area contributed by atoms with Gasteiger partial charge in [-0.25, -0.2) is 0 Å². The van der Waals surface area contributed by atoms with Crippen molar-refractivity contribution >= 4 is 11.9 Å². The number of rotatable bonds is 0. The Morgan fingerprint density at radius 3 is 1.33 bits per heavy atom.